The molecule has 4 nitrogen and oxygen atoms in total. The molecule has 1 aromatic carbocycles. The number of anilines is 2. The SMILES string of the molecule is CC(=O)CCCNc1ccc2c(c1)CCC(=O)N2. The van der Waals surface area contributed by atoms with E-state index in [2.05, 4.69) is 16.7 Å². The summed E-state index contributed by atoms with van der Waals surface area (Å²) in [6, 6.07) is 5.96. The Morgan fingerprint density at radius 3 is 3.00 bits per heavy atom. The average Bonchev–Trinajstić information content (AvgIpc) is 2.34. The number of carbonyl (C=O) groups is 2. The normalized spacial score (nSPS) is 13.7. The number of carbonyl (C=O) groups excluding carboxylic acids is 2. The van der Waals surface area contributed by atoms with Crippen LogP contribution in [0.15, 0.2) is 18.2 Å². The van der Waals surface area contributed by atoms with Crippen LogP contribution in [0.25, 0.3) is 0 Å². The summed E-state index contributed by atoms with van der Waals surface area (Å²) < 4.78 is 0. The molecule has 0 unspecified atom stereocenters. The lowest BCUT2D eigenvalue weighted by molar-refractivity contribution is -0.117. The first-order valence-corrected chi connectivity index (χ1v) is 6.31. The van der Waals surface area contributed by atoms with Gasteiger partial charge in [-0.25, -0.2) is 0 Å². The lowest BCUT2D eigenvalue weighted by Gasteiger charge is -2.18. The summed E-state index contributed by atoms with van der Waals surface area (Å²) in [5.41, 5.74) is 3.14. The molecular weight excluding hydrogens is 228 g/mol. The van der Waals surface area contributed by atoms with Crippen molar-refractivity contribution in [3.05, 3.63) is 23.8 Å². The van der Waals surface area contributed by atoms with Crippen molar-refractivity contribution in [2.24, 2.45) is 0 Å². The summed E-state index contributed by atoms with van der Waals surface area (Å²) in [5, 5.41) is 6.15. The third-order valence-electron chi connectivity index (χ3n) is 3.04. The van der Waals surface area contributed by atoms with Crippen LogP contribution in [0, 0.1) is 0 Å². The largest absolute Gasteiger partial charge is 0.385 e. The van der Waals surface area contributed by atoms with Gasteiger partial charge in [-0.15, -0.1) is 0 Å². The zero-order valence-corrected chi connectivity index (χ0v) is 10.6. The molecule has 0 spiro atoms. The second-order valence-electron chi connectivity index (χ2n) is 4.65. The zero-order valence-electron chi connectivity index (χ0n) is 10.6. The first kappa shape index (κ1) is 12.6. The van der Waals surface area contributed by atoms with Crippen molar-refractivity contribution in [2.45, 2.75) is 32.6 Å². The van der Waals surface area contributed by atoms with E-state index in [-0.39, 0.29) is 11.7 Å². The van der Waals surface area contributed by atoms with E-state index in [9.17, 15) is 9.59 Å². The maximum atomic E-state index is 11.2. The molecule has 2 rings (SSSR count). The minimum absolute atomic E-state index is 0.0877. The van der Waals surface area contributed by atoms with Crippen molar-refractivity contribution in [1.82, 2.24) is 0 Å². The van der Waals surface area contributed by atoms with Crippen LogP contribution < -0.4 is 10.6 Å². The second kappa shape index (κ2) is 5.67. The molecule has 0 bridgehead atoms. The standard InChI is InChI=1S/C14H18N2O2/c1-10(17)3-2-8-15-12-5-6-13-11(9-12)4-7-14(18)16-13/h5-6,9,15H,2-4,7-8H2,1H3,(H,16,18). The highest BCUT2D eigenvalue weighted by atomic mass is 16.1. The Balaban J connectivity index is 1.91. The maximum absolute atomic E-state index is 11.2. The topological polar surface area (TPSA) is 58.2 Å². The number of Topliss-reactive ketones (excluding diaryl/α,β-unsaturated/α-hetero) is 1. The molecule has 4 heteroatoms. The number of nitrogens with one attached hydrogen (secondary N) is 2. The van der Waals surface area contributed by atoms with Crippen LogP contribution in [0.2, 0.25) is 0 Å². The number of benzene rings is 1. The van der Waals surface area contributed by atoms with E-state index in [0.717, 1.165) is 30.8 Å². The summed E-state index contributed by atoms with van der Waals surface area (Å²) in [5.74, 6) is 0.314. The highest BCUT2D eigenvalue weighted by Gasteiger charge is 2.14. The van der Waals surface area contributed by atoms with Gasteiger partial charge in [0.15, 0.2) is 0 Å². The Bertz CT molecular complexity index is 469. The van der Waals surface area contributed by atoms with Crippen LogP contribution in [-0.2, 0) is 16.0 Å². The minimum atomic E-state index is 0.0877. The Kier molecular flexibility index (Phi) is 3.97. The fourth-order valence-corrected chi connectivity index (χ4v) is 2.06. The number of hydrogen-bond acceptors (Lipinski definition) is 3. The molecule has 1 aliphatic rings. The summed E-state index contributed by atoms with van der Waals surface area (Å²) in [4.78, 5) is 22.0. The molecule has 1 aliphatic heterocycles. The molecule has 1 aromatic rings. The number of hydrogen-bond donors (Lipinski definition) is 2. The highest BCUT2D eigenvalue weighted by Crippen LogP contribution is 2.25. The van der Waals surface area contributed by atoms with Crippen LogP contribution in [0.3, 0.4) is 0 Å². The second-order valence-corrected chi connectivity index (χ2v) is 4.65. The van der Waals surface area contributed by atoms with Crippen molar-refractivity contribution < 1.29 is 9.59 Å². The van der Waals surface area contributed by atoms with Crippen molar-refractivity contribution in [2.75, 3.05) is 17.2 Å². The molecule has 2 N–H and O–H groups in total. The third-order valence-corrected chi connectivity index (χ3v) is 3.04. The van der Waals surface area contributed by atoms with E-state index in [1.165, 1.54) is 5.56 Å². The predicted octanol–water partition coefficient (Wildman–Crippen LogP) is 2.35. The van der Waals surface area contributed by atoms with E-state index >= 15 is 0 Å². The zero-order chi connectivity index (χ0) is 13.0. The predicted molar refractivity (Wildman–Crippen MR) is 71.8 cm³/mol. The van der Waals surface area contributed by atoms with Crippen LogP contribution in [-0.4, -0.2) is 18.2 Å². The molecular formula is C14H18N2O2. The van der Waals surface area contributed by atoms with Gasteiger partial charge in [0.05, 0.1) is 0 Å². The smallest absolute Gasteiger partial charge is 0.224 e. The Morgan fingerprint density at radius 1 is 1.39 bits per heavy atom. The molecule has 0 aliphatic carbocycles. The van der Waals surface area contributed by atoms with Gasteiger partial charge in [0, 0.05) is 30.8 Å². The quantitative estimate of drug-likeness (QED) is 0.784. The van der Waals surface area contributed by atoms with Crippen molar-refractivity contribution in [3.8, 4) is 0 Å². The maximum Gasteiger partial charge on any atom is 0.224 e. The van der Waals surface area contributed by atoms with Gasteiger partial charge in [0.2, 0.25) is 5.91 Å². The Labute approximate surface area is 107 Å². The monoisotopic (exact) mass is 246 g/mol. The van der Waals surface area contributed by atoms with Crippen LogP contribution >= 0.6 is 0 Å². The minimum Gasteiger partial charge on any atom is -0.385 e. The fourth-order valence-electron chi connectivity index (χ4n) is 2.06. The highest BCUT2D eigenvalue weighted by molar-refractivity contribution is 5.94. The summed E-state index contributed by atoms with van der Waals surface area (Å²) >= 11 is 0. The van der Waals surface area contributed by atoms with E-state index in [1.807, 2.05) is 12.1 Å². The van der Waals surface area contributed by atoms with Crippen LogP contribution in [0.1, 0.15) is 31.7 Å². The molecule has 0 saturated carbocycles. The number of ketones is 1. The molecule has 1 amide bonds. The number of aryl methyl sites for hydroxylation is 1. The van der Waals surface area contributed by atoms with Gasteiger partial charge in [0.1, 0.15) is 5.78 Å². The Hall–Kier alpha value is -1.84. The summed E-state index contributed by atoms with van der Waals surface area (Å²) in [6.45, 7) is 2.41. The lowest BCUT2D eigenvalue weighted by atomic mass is 10.0. The molecule has 0 saturated heterocycles. The molecule has 0 fully saturated rings. The van der Waals surface area contributed by atoms with Crippen LogP contribution in [0.5, 0.6) is 0 Å². The van der Waals surface area contributed by atoms with Gasteiger partial charge in [-0.05, 0) is 43.5 Å². The van der Waals surface area contributed by atoms with Gasteiger partial charge in [-0.2, -0.15) is 0 Å². The lowest BCUT2D eigenvalue weighted by Crippen LogP contribution is -2.19. The first-order valence-electron chi connectivity index (χ1n) is 6.31. The van der Waals surface area contributed by atoms with Gasteiger partial charge in [0.25, 0.3) is 0 Å². The molecule has 0 atom stereocenters. The van der Waals surface area contributed by atoms with Crippen molar-refractivity contribution in [3.63, 3.8) is 0 Å². The number of amides is 1. The Morgan fingerprint density at radius 2 is 2.22 bits per heavy atom. The number of fused-ring (bicyclic) bond motifs is 1. The van der Waals surface area contributed by atoms with Gasteiger partial charge in [-0.1, -0.05) is 0 Å². The average molecular weight is 246 g/mol. The van der Waals surface area contributed by atoms with E-state index in [4.69, 9.17) is 0 Å². The molecule has 18 heavy (non-hydrogen) atoms. The number of rotatable bonds is 5. The molecule has 0 aromatic heterocycles. The summed E-state index contributed by atoms with van der Waals surface area (Å²) in [6.07, 6.45) is 2.82. The van der Waals surface area contributed by atoms with Crippen molar-refractivity contribution in [1.29, 1.82) is 0 Å². The van der Waals surface area contributed by atoms with E-state index in [1.54, 1.807) is 6.92 Å². The first-order chi connectivity index (χ1) is 8.65. The fraction of sp³-hybridized carbons (Fsp3) is 0.429. The van der Waals surface area contributed by atoms with Gasteiger partial charge >= 0.3 is 0 Å². The summed E-state index contributed by atoms with van der Waals surface area (Å²) in [7, 11) is 0. The molecule has 96 valence electrons. The molecule has 0 radical (unpaired) electrons. The third kappa shape index (κ3) is 3.32. The van der Waals surface area contributed by atoms with Gasteiger partial charge in [-0.3, -0.25) is 4.79 Å². The van der Waals surface area contributed by atoms with Crippen molar-refractivity contribution >= 4 is 23.1 Å². The van der Waals surface area contributed by atoms with Crippen LogP contribution in [0.4, 0.5) is 11.4 Å². The van der Waals surface area contributed by atoms with Gasteiger partial charge < -0.3 is 15.4 Å². The molecule has 1 heterocycles. The van der Waals surface area contributed by atoms with E-state index in [0.29, 0.717) is 12.8 Å². The van der Waals surface area contributed by atoms with E-state index < -0.39 is 0 Å².